The van der Waals surface area contributed by atoms with Crippen molar-refractivity contribution in [3.63, 3.8) is 0 Å². The van der Waals surface area contributed by atoms with E-state index < -0.39 is 28.5 Å². The predicted octanol–water partition coefficient (Wildman–Crippen LogP) is 6.53. The monoisotopic (exact) mass is 617 g/mol. The number of nitrogens with one attached hydrogen (secondary N) is 1. The summed E-state index contributed by atoms with van der Waals surface area (Å²) in [5, 5.41) is 3.87. The fourth-order valence-electron chi connectivity index (χ4n) is 4.36. The summed E-state index contributed by atoms with van der Waals surface area (Å²) < 4.78 is 29.0. The van der Waals surface area contributed by atoms with Crippen molar-refractivity contribution in [3.8, 4) is 0 Å². The molecule has 0 bridgehead atoms. The summed E-state index contributed by atoms with van der Waals surface area (Å²) in [4.78, 5) is 28.8. The Hall–Kier alpha value is -3.07. The summed E-state index contributed by atoms with van der Waals surface area (Å²) in [6.07, 6.45) is 2.08. The Bertz CT molecular complexity index is 1450. The molecule has 220 valence electrons. The van der Waals surface area contributed by atoms with Gasteiger partial charge in [-0.15, -0.1) is 0 Å². The first-order valence-corrected chi connectivity index (χ1v) is 15.8. The molecule has 3 aromatic rings. The SMILES string of the molecule is CCCCNC(=O)[C@H](CC)N(Cc1ccc(Cl)cc1)C(=O)CN(c1ccc(C)c(C)c1)S(=O)(=O)c1ccc(Cl)cc1. The summed E-state index contributed by atoms with van der Waals surface area (Å²) in [5.74, 6) is -0.783. The van der Waals surface area contributed by atoms with Crippen molar-refractivity contribution < 1.29 is 18.0 Å². The molecular formula is C31H37Cl2N3O4S. The van der Waals surface area contributed by atoms with Crippen LogP contribution in [0.1, 0.15) is 49.8 Å². The molecule has 0 aliphatic heterocycles. The van der Waals surface area contributed by atoms with Gasteiger partial charge in [0.2, 0.25) is 11.8 Å². The maximum Gasteiger partial charge on any atom is 0.264 e. The van der Waals surface area contributed by atoms with E-state index in [1.807, 2.05) is 33.8 Å². The Kier molecular flexibility index (Phi) is 11.6. The van der Waals surface area contributed by atoms with Crippen molar-refractivity contribution in [2.24, 2.45) is 0 Å². The van der Waals surface area contributed by atoms with Gasteiger partial charge in [0.15, 0.2) is 0 Å². The van der Waals surface area contributed by atoms with Crippen molar-refractivity contribution in [1.82, 2.24) is 10.2 Å². The number of aryl methyl sites for hydroxylation is 2. The van der Waals surface area contributed by atoms with E-state index in [1.165, 1.54) is 29.2 Å². The molecule has 7 nitrogen and oxygen atoms in total. The van der Waals surface area contributed by atoms with Crippen molar-refractivity contribution in [2.45, 2.75) is 64.4 Å². The third-order valence-corrected chi connectivity index (χ3v) is 9.23. The zero-order valence-corrected chi connectivity index (χ0v) is 26.2. The molecule has 0 aromatic heterocycles. The zero-order valence-electron chi connectivity index (χ0n) is 23.9. The number of hydrogen-bond donors (Lipinski definition) is 1. The lowest BCUT2D eigenvalue weighted by molar-refractivity contribution is -0.140. The number of benzene rings is 3. The summed E-state index contributed by atoms with van der Waals surface area (Å²) in [6, 6.07) is 17.3. The van der Waals surface area contributed by atoms with Crippen LogP contribution in [0.15, 0.2) is 71.6 Å². The Labute approximate surface area is 253 Å². The largest absolute Gasteiger partial charge is 0.354 e. The van der Waals surface area contributed by atoms with Crippen LogP contribution in [0.2, 0.25) is 10.0 Å². The van der Waals surface area contributed by atoms with Gasteiger partial charge in [-0.1, -0.05) is 61.7 Å². The summed E-state index contributed by atoms with van der Waals surface area (Å²) >= 11 is 12.1. The Morgan fingerprint density at radius 2 is 1.49 bits per heavy atom. The fourth-order valence-corrected chi connectivity index (χ4v) is 6.01. The molecule has 0 saturated heterocycles. The van der Waals surface area contributed by atoms with E-state index in [2.05, 4.69) is 5.32 Å². The van der Waals surface area contributed by atoms with E-state index in [0.29, 0.717) is 28.7 Å². The lowest BCUT2D eigenvalue weighted by Crippen LogP contribution is -2.52. The number of rotatable bonds is 13. The maximum atomic E-state index is 14.1. The van der Waals surface area contributed by atoms with Crippen LogP contribution in [0.4, 0.5) is 5.69 Å². The zero-order chi connectivity index (χ0) is 30.2. The lowest BCUT2D eigenvalue weighted by Gasteiger charge is -2.33. The second-order valence-corrected chi connectivity index (χ2v) is 12.7. The van der Waals surface area contributed by atoms with Gasteiger partial charge in [0.25, 0.3) is 10.0 Å². The first-order chi connectivity index (χ1) is 19.5. The average molecular weight is 619 g/mol. The summed E-state index contributed by atoms with van der Waals surface area (Å²) in [7, 11) is -4.17. The van der Waals surface area contributed by atoms with Gasteiger partial charge in [0.1, 0.15) is 12.6 Å². The van der Waals surface area contributed by atoms with Crippen molar-refractivity contribution in [1.29, 1.82) is 0 Å². The first-order valence-electron chi connectivity index (χ1n) is 13.6. The third kappa shape index (κ3) is 8.47. The number of anilines is 1. The Morgan fingerprint density at radius 3 is 2.05 bits per heavy atom. The van der Waals surface area contributed by atoms with Crippen molar-refractivity contribution in [2.75, 3.05) is 17.4 Å². The molecule has 1 atom stereocenters. The van der Waals surface area contributed by atoms with Gasteiger partial charge in [0.05, 0.1) is 10.6 Å². The van der Waals surface area contributed by atoms with Crippen LogP contribution < -0.4 is 9.62 Å². The smallest absolute Gasteiger partial charge is 0.264 e. The van der Waals surface area contributed by atoms with Crippen LogP contribution in [0.3, 0.4) is 0 Å². The molecule has 0 aliphatic carbocycles. The highest BCUT2D eigenvalue weighted by molar-refractivity contribution is 7.92. The molecule has 2 amide bonds. The maximum absolute atomic E-state index is 14.1. The topological polar surface area (TPSA) is 86.8 Å². The molecule has 0 aliphatic rings. The highest BCUT2D eigenvalue weighted by atomic mass is 35.5. The molecule has 0 unspecified atom stereocenters. The third-order valence-electron chi connectivity index (χ3n) is 6.94. The van der Waals surface area contributed by atoms with E-state index in [4.69, 9.17) is 23.2 Å². The molecule has 3 aromatic carbocycles. The highest BCUT2D eigenvalue weighted by Gasteiger charge is 2.33. The van der Waals surface area contributed by atoms with Gasteiger partial charge < -0.3 is 10.2 Å². The number of unbranched alkanes of at least 4 members (excludes halogenated alkanes) is 1. The van der Waals surface area contributed by atoms with Crippen LogP contribution in [-0.2, 0) is 26.2 Å². The van der Waals surface area contributed by atoms with Gasteiger partial charge >= 0.3 is 0 Å². The average Bonchev–Trinajstić information content (AvgIpc) is 2.94. The minimum atomic E-state index is -4.17. The fraction of sp³-hybridized carbons (Fsp3) is 0.355. The number of amides is 2. The molecule has 0 spiro atoms. The first kappa shape index (κ1) is 32.4. The minimum Gasteiger partial charge on any atom is -0.354 e. The molecule has 1 N–H and O–H groups in total. The van der Waals surface area contributed by atoms with Crippen molar-refractivity contribution in [3.05, 3.63) is 93.5 Å². The Balaban J connectivity index is 2.05. The molecule has 0 saturated carbocycles. The van der Waals surface area contributed by atoms with Gasteiger partial charge in [-0.05, 0) is 91.9 Å². The minimum absolute atomic E-state index is 0.00142. The van der Waals surface area contributed by atoms with E-state index >= 15 is 0 Å². The van der Waals surface area contributed by atoms with E-state index in [1.54, 1.807) is 36.4 Å². The normalized spacial score (nSPS) is 12.0. The number of sulfonamides is 1. The Morgan fingerprint density at radius 1 is 0.878 bits per heavy atom. The lowest BCUT2D eigenvalue weighted by atomic mass is 10.1. The number of nitrogens with zero attached hydrogens (tertiary/aromatic N) is 2. The van der Waals surface area contributed by atoms with Crippen LogP contribution in [0, 0.1) is 13.8 Å². The highest BCUT2D eigenvalue weighted by Crippen LogP contribution is 2.27. The molecule has 10 heteroatoms. The molecule has 3 rings (SSSR count). The number of carbonyl (C=O) groups is 2. The number of hydrogen-bond acceptors (Lipinski definition) is 4. The number of carbonyl (C=O) groups excluding carboxylic acids is 2. The van der Waals surface area contributed by atoms with Crippen molar-refractivity contribution >= 4 is 50.7 Å². The van der Waals surface area contributed by atoms with E-state index in [-0.39, 0.29) is 17.3 Å². The van der Waals surface area contributed by atoms with Crippen LogP contribution in [0.5, 0.6) is 0 Å². The van der Waals surface area contributed by atoms with Crippen LogP contribution in [-0.4, -0.2) is 44.3 Å². The van der Waals surface area contributed by atoms with E-state index in [0.717, 1.165) is 33.8 Å². The van der Waals surface area contributed by atoms with Gasteiger partial charge in [0, 0.05) is 23.1 Å². The molecule has 0 fully saturated rings. The van der Waals surface area contributed by atoms with E-state index in [9.17, 15) is 18.0 Å². The second kappa shape index (κ2) is 14.7. The molecule has 0 heterocycles. The van der Waals surface area contributed by atoms with Crippen LogP contribution in [0.25, 0.3) is 0 Å². The van der Waals surface area contributed by atoms with Gasteiger partial charge in [-0.3, -0.25) is 13.9 Å². The second-order valence-electron chi connectivity index (χ2n) is 9.95. The molecular weight excluding hydrogens is 581 g/mol. The van der Waals surface area contributed by atoms with Gasteiger partial charge in [-0.2, -0.15) is 0 Å². The van der Waals surface area contributed by atoms with Crippen LogP contribution >= 0.6 is 23.2 Å². The number of halogens is 2. The standard InChI is InChI=1S/C31H37Cl2N3O4S/c1-5-7-18-34-31(38)29(6-2)35(20-24-9-11-25(32)12-10-24)30(37)21-36(27-15-8-22(3)23(4)19-27)41(39,40)28-16-13-26(33)14-17-28/h8-17,19,29H,5-7,18,20-21H2,1-4H3,(H,34,38)/t29-/m0/s1. The molecule has 41 heavy (non-hydrogen) atoms. The predicted molar refractivity (Wildman–Crippen MR) is 166 cm³/mol. The quantitative estimate of drug-likeness (QED) is 0.221. The van der Waals surface area contributed by atoms with Gasteiger partial charge in [-0.25, -0.2) is 8.42 Å². The molecule has 0 radical (unpaired) electrons. The summed E-state index contributed by atoms with van der Waals surface area (Å²) in [6.45, 7) is 7.78. The summed E-state index contributed by atoms with van der Waals surface area (Å²) in [5.41, 5.74) is 2.98.